The molecule has 20 heavy (non-hydrogen) atoms. The van der Waals surface area contributed by atoms with Gasteiger partial charge in [-0.15, -0.1) is 0 Å². The second-order valence-electron chi connectivity index (χ2n) is 5.27. The van der Waals surface area contributed by atoms with Crippen LogP contribution in [0, 0.1) is 0 Å². The fourth-order valence-corrected chi connectivity index (χ4v) is 2.89. The quantitative estimate of drug-likeness (QED) is 0.815. The zero-order chi connectivity index (χ0) is 14.5. The molecule has 0 unspecified atom stereocenters. The lowest BCUT2D eigenvalue weighted by Crippen LogP contribution is -2.44. The first-order valence-electron chi connectivity index (χ1n) is 6.92. The van der Waals surface area contributed by atoms with Gasteiger partial charge in [0.15, 0.2) is 0 Å². The van der Waals surface area contributed by atoms with Crippen LogP contribution in [-0.2, 0) is 11.2 Å². The number of amides is 1. The predicted octanol–water partition coefficient (Wildman–Crippen LogP) is 1.99. The molecule has 1 aliphatic rings. The van der Waals surface area contributed by atoms with Crippen LogP contribution in [0.1, 0.15) is 31.2 Å². The van der Waals surface area contributed by atoms with Gasteiger partial charge in [-0.2, -0.15) is 0 Å². The predicted molar refractivity (Wildman–Crippen MR) is 82.6 cm³/mol. The smallest absolute Gasteiger partial charge is 0.227 e. The molecule has 4 nitrogen and oxygen atoms in total. The lowest BCUT2D eigenvalue weighted by atomic mass is 10.1. The molecule has 1 saturated carbocycles. The average molecular weight is 292 g/mol. The molecular formula is C15H20N2O2S. The number of nitrogens with zero attached hydrogens (tertiary/aromatic N) is 1. The summed E-state index contributed by atoms with van der Waals surface area (Å²) in [6, 6.07) is 7.04. The lowest BCUT2D eigenvalue weighted by Gasteiger charge is -2.28. The third kappa shape index (κ3) is 3.93. The Morgan fingerprint density at radius 1 is 1.40 bits per heavy atom. The standard InChI is InChI=1S/C15H20N2O2S/c16-14(20)10-17(12-5-1-2-6-12)15(19)9-11-4-3-7-13(18)8-11/h3-4,7-8,12,18H,1-2,5-6,9-10H2,(H2,16,20). The third-order valence-corrected chi connectivity index (χ3v) is 3.81. The van der Waals surface area contributed by atoms with E-state index in [4.69, 9.17) is 18.0 Å². The molecule has 5 heteroatoms. The minimum Gasteiger partial charge on any atom is -0.508 e. The van der Waals surface area contributed by atoms with Crippen LogP contribution in [0.4, 0.5) is 0 Å². The van der Waals surface area contributed by atoms with Gasteiger partial charge >= 0.3 is 0 Å². The molecule has 0 radical (unpaired) electrons. The number of carbonyl (C=O) groups excluding carboxylic acids is 1. The number of benzene rings is 1. The maximum absolute atomic E-state index is 12.5. The van der Waals surface area contributed by atoms with E-state index < -0.39 is 0 Å². The molecule has 1 fully saturated rings. The van der Waals surface area contributed by atoms with E-state index in [0.717, 1.165) is 31.2 Å². The van der Waals surface area contributed by atoms with Crippen LogP contribution in [0.2, 0.25) is 0 Å². The number of phenols is 1. The van der Waals surface area contributed by atoms with Crippen LogP contribution in [0.15, 0.2) is 24.3 Å². The first kappa shape index (κ1) is 14.8. The van der Waals surface area contributed by atoms with E-state index in [1.54, 1.807) is 23.1 Å². The molecule has 1 amide bonds. The van der Waals surface area contributed by atoms with Gasteiger partial charge in [0.1, 0.15) is 5.75 Å². The van der Waals surface area contributed by atoms with Crippen LogP contribution in [0.5, 0.6) is 5.75 Å². The molecule has 1 aromatic carbocycles. The Hall–Kier alpha value is -1.62. The number of nitrogens with two attached hydrogens (primary N) is 1. The Morgan fingerprint density at radius 2 is 2.10 bits per heavy atom. The van der Waals surface area contributed by atoms with Crippen molar-refractivity contribution in [1.29, 1.82) is 0 Å². The summed E-state index contributed by atoms with van der Waals surface area (Å²) in [6.07, 6.45) is 4.62. The van der Waals surface area contributed by atoms with Gasteiger partial charge in [-0.3, -0.25) is 4.79 Å². The van der Waals surface area contributed by atoms with Crippen molar-refractivity contribution < 1.29 is 9.90 Å². The Kier molecular flexibility index (Phi) is 4.95. The molecule has 0 saturated heterocycles. The van der Waals surface area contributed by atoms with Gasteiger partial charge < -0.3 is 15.7 Å². The molecule has 0 bridgehead atoms. The average Bonchev–Trinajstić information content (AvgIpc) is 2.89. The van der Waals surface area contributed by atoms with Crippen LogP contribution in [0.25, 0.3) is 0 Å². The fraction of sp³-hybridized carbons (Fsp3) is 0.467. The van der Waals surface area contributed by atoms with Crippen LogP contribution in [-0.4, -0.2) is 33.5 Å². The Bertz CT molecular complexity index is 498. The highest BCUT2D eigenvalue weighted by molar-refractivity contribution is 7.80. The Labute approximate surface area is 124 Å². The van der Waals surface area contributed by atoms with Gasteiger partial charge in [0, 0.05) is 6.04 Å². The number of phenolic OH excluding ortho intramolecular Hbond substituents is 1. The van der Waals surface area contributed by atoms with E-state index in [2.05, 4.69) is 0 Å². The molecule has 0 spiro atoms. The molecule has 0 aromatic heterocycles. The number of rotatable bonds is 5. The maximum atomic E-state index is 12.5. The lowest BCUT2D eigenvalue weighted by molar-refractivity contribution is -0.131. The van der Waals surface area contributed by atoms with Crippen molar-refractivity contribution in [2.75, 3.05) is 6.54 Å². The van der Waals surface area contributed by atoms with E-state index in [1.807, 2.05) is 6.07 Å². The van der Waals surface area contributed by atoms with Crippen molar-refractivity contribution >= 4 is 23.1 Å². The van der Waals surface area contributed by atoms with Gasteiger partial charge in [0.05, 0.1) is 18.0 Å². The van der Waals surface area contributed by atoms with Crippen molar-refractivity contribution in [1.82, 2.24) is 4.90 Å². The van der Waals surface area contributed by atoms with E-state index in [0.29, 0.717) is 11.5 Å². The normalized spacial score (nSPS) is 15.2. The minimum absolute atomic E-state index is 0.0234. The SMILES string of the molecule is NC(=S)CN(C(=O)Cc1cccc(O)c1)C1CCCC1. The zero-order valence-electron chi connectivity index (χ0n) is 11.4. The van der Waals surface area contributed by atoms with Crippen molar-refractivity contribution in [3.05, 3.63) is 29.8 Å². The van der Waals surface area contributed by atoms with Crippen LogP contribution in [0.3, 0.4) is 0 Å². The van der Waals surface area contributed by atoms with Crippen molar-refractivity contribution in [2.24, 2.45) is 5.73 Å². The number of carbonyl (C=O) groups is 1. The highest BCUT2D eigenvalue weighted by Gasteiger charge is 2.26. The van der Waals surface area contributed by atoms with Crippen molar-refractivity contribution in [3.63, 3.8) is 0 Å². The third-order valence-electron chi connectivity index (χ3n) is 3.68. The van der Waals surface area contributed by atoms with Crippen LogP contribution >= 0.6 is 12.2 Å². The number of thiocarbonyl (C=S) groups is 1. The molecule has 2 rings (SSSR count). The number of hydrogen-bond acceptors (Lipinski definition) is 3. The summed E-state index contributed by atoms with van der Waals surface area (Å²) in [5, 5.41) is 9.46. The topological polar surface area (TPSA) is 66.6 Å². The summed E-state index contributed by atoms with van der Waals surface area (Å²) in [5.74, 6) is 0.201. The van der Waals surface area contributed by atoms with E-state index in [9.17, 15) is 9.90 Å². The van der Waals surface area contributed by atoms with Gasteiger partial charge in [-0.1, -0.05) is 37.2 Å². The van der Waals surface area contributed by atoms with Gasteiger partial charge in [0.2, 0.25) is 5.91 Å². The summed E-state index contributed by atoms with van der Waals surface area (Å²) in [6.45, 7) is 0.345. The molecule has 1 aromatic rings. The number of hydrogen-bond donors (Lipinski definition) is 2. The molecule has 0 heterocycles. The first-order chi connectivity index (χ1) is 9.56. The van der Waals surface area contributed by atoms with Crippen molar-refractivity contribution in [3.8, 4) is 5.75 Å². The van der Waals surface area contributed by atoms with Gasteiger partial charge in [0.25, 0.3) is 0 Å². The van der Waals surface area contributed by atoms with Crippen molar-refractivity contribution in [2.45, 2.75) is 38.1 Å². The van der Waals surface area contributed by atoms with E-state index in [1.165, 1.54) is 0 Å². The summed E-state index contributed by atoms with van der Waals surface area (Å²) in [7, 11) is 0. The largest absolute Gasteiger partial charge is 0.508 e. The highest BCUT2D eigenvalue weighted by atomic mass is 32.1. The highest BCUT2D eigenvalue weighted by Crippen LogP contribution is 2.24. The summed E-state index contributed by atoms with van der Waals surface area (Å²) >= 11 is 4.96. The summed E-state index contributed by atoms with van der Waals surface area (Å²) < 4.78 is 0. The Morgan fingerprint density at radius 3 is 2.70 bits per heavy atom. The monoisotopic (exact) mass is 292 g/mol. The summed E-state index contributed by atoms with van der Waals surface area (Å²) in [5.41, 5.74) is 6.42. The molecule has 108 valence electrons. The van der Waals surface area contributed by atoms with E-state index in [-0.39, 0.29) is 24.1 Å². The second-order valence-corrected chi connectivity index (χ2v) is 5.80. The zero-order valence-corrected chi connectivity index (χ0v) is 12.2. The molecule has 0 atom stereocenters. The summed E-state index contributed by atoms with van der Waals surface area (Å²) in [4.78, 5) is 14.6. The molecule has 1 aliphatic carbocycles. The minimum atomic E-state index is 0.0234. The fourth-order valence-electron chi connectivity index (χ4n) is 2.75. The van der Waals surface area contributed by atoms with Gasteiger partial charge in [-0.25, -0.2) is 0 Å². The number of aromatic hydroxyl groups is 1. The van der Waals surface area contributed by atoms with Gasteiger partial charge in [-0.05, 0) is 30.5 Å². The second kappa shape index (κ2) is 6.70. The molecular weight excluding hydrogens is 272 g/mol. The first-order valence-corrected chi connectivity index (χ1v) is 7.33. The molecule has 0 aliphatic heterocycles. The Balaban J connectivity index is 2.07. The molecule has 3 N–H and O–H groups in total. The van der Waals surface area contributed by atoms with Crippen LogP contribution < -0.4 is 5.73 Å². The maximum Gasteiger partial charge on any atom is 0.227 e. The van der Waals surface area contributed by atoms with E-state index >= 15 is 0 Å².